The molecular formula is C33H41N3O4. The van der Waals surface area contributed by atoms with Gasteiger partial charge in [0.15, 0.2) is 0 Å². The van der Waals surface area contributed by atoms with Gasteiger partial charge in [0, 0.05) is 31.1 Å². The normalized spacial score (nSPS) is 16.9. The number of aliphatic hydroxyl groups excluding tert-OH is 1. The van der Waals surface area contributed by atoms with Gasteiger partial charge in [-0.15, -0.1) is 0 Å². The van der Waals surface area contributed by atoms with Gasteiger partial charge in [0.1, 0.15) is 6.61 Å². The van der Waals surface area contributed by atoms with Crippen LogP contribution in [0.25, 0.3) is 0 Å². The molecule has 1 unspecified atom stereocenters. The summed E-state index contributed by atoms with van der Waals surface area (Å²) in [5.41, 5.74) is 3.99. The van der Waals surface area contributed by atoms with E-state index in [2.05, 4.69) is 27.7 Å². The lowest BCUT2D eigenvalue weighted by molar-refractivity contribution is -0.124. The van der Waals surface area contributed by atoms with Crippen molar-refractivity contribution in [1.29, 1.82) is 0 Å². The van der Waals surface area contributed by atoms with Crippen LogP contribution in [0.5, 0.6) is 0 Å². The highest BCUT2D eigenvalue weighted by Gasteiger charge is 2.32. The van der Waals surface area contributed by atoms with E-state index in [4.69, 9.17) is 4.74 Å². The topological polar surface area (TPSA) is 90.9 Å². The van der Waals surface area contributed by atoms with Crippen molar-refractivity contribution in [3.63, 3.8) is 0 Å². The lowest BCUT2D eigenvalue weighted by Gasteiger charge is -2.39. The van der Waals surface area contributed by atoms with Gasteiger partial charge in [-0.05, 0) is 55.9 Å². The predicted octanol–water partition coefficient (Wildman–Crippen LogP) is 4.62. The van der Waals surface area contributed by atoms with E-state index in [9.17, 15) is 14.7 Å². The summed E-state index contributed by atoms with van der Waals surface area (Å²) in [5, 5.41) is 17.5. The zero-order valence-corrected chi connectivity index (χ0v) is 23.7. The van der Waals surface area contributed by atoms with Gasteiger partial charge in [-0.25, -0.2) is 4.79 Å². The summed E-state index contributed by atoms with van der Waals surface area (Å²) in [6.45, 7) is 6.99. The first-order valence-electron chi connectivity index (χ1n) is 14.0. The number of β-amino-alcohol motifs (C(OH)–C–C–N with tert-alkyl or cyclic N) is 1. The van der Waals surface area contributed by atoms with Crippen molar-refractivity contribution in [1.82, 2.24) is 15.5 Å². The van der Waals surface area contributed by atoms with E-state index < -0.39 is 18.2 Å². The van der Waals surface area contributed by atoms with Gasteiger partial charge in [-0.3, -0.25) is 9.69 Å². The molecule has 3 N–H and O–H groups in total. The maximum atomic E-state index is 12.9. The first-order chi connectivity index (χ1) is 19.2. The van der Waals surface area contributed by atoms with Crippen LogP contribution in [0.4, 0.5) is 4.79 Å². The molecule has 0 saturated carbocycles. The number of ether oxygens (including phenoxy) is 1. The highest BCUT2D eigenvalue weighted by atomic mass is 16.5. The molecule has 0 saturated heterocycles. The molecule has 0 spiro atoms. The molecule has 2 amide bonds. The maximum absolute atomic E-state index is 12.9. The Morgan fingerprint density at radius 2 is 1.52 bits per heavy atom. The Labute approximate surface area is 237 Å². The minimum atomic E-state index is -0.886. The van der Waals surface area contributed by atoms with Crippen molar-refractivity contribution >= 4 is 12.0 Å². The number of nitrogens with one attached hydrogen (secondary N) is 2. The van der Waals surface area contributed by atoms with Crippen molar-refractivity contribution in [2.24, 2.45) is 0 Å². The van der Waals surface area contributed by atoms with Crippen molar-refractivity contribution in [2.45, 2.75) is 76.9 Å². The Kier molecular flexibility index (Phi) is 9.96. The molecule has 212 valence electrons. The number of amides is 2. The average molecular weight is 544 g/mol. The molecule has 1 heterocycles. The average Bonchev–Trinajstić information content (AvgIpc) is 2.92. The first kappa shape index (κ1) is 29.3. The lowest BCUT2D eigenvalue weighted by atomic mass is 9.90. The Bertz CT molecular complexity index is 1240. The van der Waals surface area contributed by atoms with E-state index in [-0.39, 0.29) is 24.1 Å². The summed E-state index contributed by atoms with van der Waals surface area (Å²) in [4.78, 5) is 27.9. The van der Waals surface area contributed by atoms with Crippen LogP contribution < -0.4 is 10.6 Å². The predicted molar refractivity (Wildman–Crippen MR) is 157 cm³/mol. The molecule has 0 aromatic heterocycles. The van der Waals surface area contributed by atoms with Crippen molar-refractivity contribution < 1.29 is 19.4 Å². The second kappa shape index (κ2) is 13.6. The molecule has 0 bridgehead atoms. The minimum Gasteiger partial charge on any atom is -0.445 e. The molecule has 40 heavy (non-hydrogen) atoms. The Balaban J connectivity index is 1.48. The number of hydrogen-bond acceptors (Lipinski definition) is 5. The number of alkyl carbamates (subject to hydrolysis) is 1. The standard InChI is InChI=1S/C33H41N3O4/c1-33(2,3)35-31(38)20-28-19-26-16-10-11-17-27(26)21-36(28)22-30(37)29(18-24-12-6-4-7-13-24)34-32(39)40-23-25-14-8-5-9-15-25/h4-17,28-30,37H,18-23H2,1-3H3,(H,34,39)(H,35,38)/t28?,29-,30+/m0/s1. The molecular weight excluding hydrogens is 502 g/mol. The minimum absolute atomic E-state index is 0.0141. The summed E-state index contributed by atoms with van der Waals surface area (Å²) < 4.78 is 5.48. The van der Waals surface area contributed by atoms with Crippen LogP contribution in [0.15, 0.2) is 84.9 Å². The van der Waals surface area contributed by atoms with E-state index >= 15 is 0 Å². The molecule has 7 nitrogen and oxygen atoms in total. The van der Waals surface area contributed by atoms with Crippen molar-refractivity contribution in [3.05, 3.63) is 107 Å². The van der Waals surface area contributed by atoms with Crippen molar-refractivity contribution in [2.75, 3.05) is 6.54 Å². The number of fused-ring (bicyclic) bond motifs is 1. The highest BCUT2D eigenvalue weighted by molar-refractivity contribution is 5.77. The summed E-state index contributed by atoms with van der Waals surface area (Å²) in [6.07, 6.45) is 0.0314. The SMILES string of the molecule is CC(C)(C)NC(=O)CC1Cc2ccccc2CN1C[C@@H](O)[C@H](Cc1ccccc1)NC(=O)OCc1ccccc1. The van der Waals surface area contributed by atoms with Crippen LogP contribution >= 0.6 is 0 Å². The quantitative estimate of drug-likeness (QED) is 0.347. The monoisotopic (exact) mass is 543 g/mol. The molecule has 1 aliphatic heterocycles. The van der Waals surface area contributed by atoms with Gasteiger partial charge in [-0.1, -0.05) is 84.9 Å². The number of carbonyl (C=O) groups is 2. The third kappa shape index (κ3) is 8.93. The Morgan fingerprint density at radius 3 is 2.17 bits per heavy atom. The molecule has 3 aromatic rings. The van der Waals surface area contributed by atoms with Crippen LogP contribution in [-0.2, 0) is 35.5 Å². The fourth-order valence-corrected chi connectivity index (χ4v) is 5.17. The van der Waals surface area contributed by atoms with Gasteiger partial charge in [0.05, 0.1) is 12.1 Å². The summed E-state index contributed by atoms with van der Waals surface area (Å²) >= 11 is 0. The van der Waals surface area contributed by atoms with Crippen LogP contribution in [0.2, 0.25) is 0 Å². The summed E-state index contributed by atoms with van der Waals surface area (Å²) in [6, 6.07) is 26.9. The van der Waals surface area contributed by atoms with E-state index in [0.29, 0.717) is 25.9 Å². The zero-order chi connectivity index (χ0) is 28.5. The first-order valence-corrected chi connectivity index (χ1v) is 14.0. The maximum Gasteiger partial charge on any atom is 0.407 e. The Morgan fingerprint density at radius 1 is 0.925 bits per heavy atom. The van der Waals surface area contributed by atoms with Gasteiger partial charge in [-0.2, -0.15) is 0 Å². The third-order valence-corrected chi connectivity index (χ3v) is 7.10. The number of hydrogen-bond donors (Lipinski definition) is 3. The molecule has 0 fully saturated rings. The van der Waals surface area contributed by atoms with E-state index in [1.54, 1.807) is 0 Å². The van der Waals surface area contributed by atoms with E-state index in [1.807, 2.05) is 93.6 Å². The number of rotatable bonds is 10. The van der Waals surface area contributed by atoms with Gasteiger partial charge < -0.3 is 20.5 Å². The smallest absolute Gasteiger partial charge is 0.407 e. The Hall–Kier alpha value is -3.68. The van der Waals surface area contributed by atoms with E-state index in [0.717, 1.165) is 17.5 Å². The van der Waals surface area contributed by atoms with Gasteiger partial charge in [0.25, 0.3) is 0 Å². The largest absolute Gasteiger partial charge is 0.445 e. The summed E-state index contributed by atoms with van der Waals surface area (Å²) in [7, 11) is 0. The van der Waals surface area contributed by atoms with Crippen LogP contribution in [0.1, 0.15) is 49.4 Å². The molecule has 3 aromatic carbocycles. The third-order valence-electron chi connectivity index (χ3n) is 7.10. The molecule has 1 aliphatic rings. The highest BCUT2D eigenvalue weighted by Crippen LogP contribution is 2.26. The second-order valence-corrected chi connectivity index (χ2v) is 11.6. The van der Waals surface area contributed by atoms with E-state index in [1.165, 1.54) is 11.1 Å². The van der Waals surface area contributed by atoms with Crippen LogP contribution in [-0.4, -0.2) is 52.3 Å². The summed E-state index contributed by atoms with van der Waals surface area (Å²) in [5.74, 6) is -0.0141. The molecule has 3 atom stereocenters. The van der Waals surface area contributed by atoms with Gasteiger partial charge in [0.2, 0.25) is 5.91 Å². The number of nitrogens with zero attached hydrogens (tertiary/aromatic N) is 1. The van der Waals surface area contributed by atoms with Crippen LogP contribution in [0.3, 0.4) is 0 Å². The van der Waals surface area contributed by atoms with Crippen LogP contribution in [0, 0.1) is 0 Å². The lowest BCUT2D eigenvalue weighted by Crippen LogP contribution is -2.53. The van der Waals surface area contributed by atoms with Crippen molar-refractivity contribution in [3.8, 4) is 0 Å². The van der Waals surface area contributed by atoms with Gasteiger partial charge >= 0.3 is 6.09 Å². The second-order valence-electron chi connectivity index (χ2n) is 11.6. The molecule has 0 aliphatic carbocycles. The fraction of sp³-hybridized carbons (Fsp3) is 0.394. The zero-order valence-electron chi connectivity index (χ0n) is 23.7. The molecule has 7 heteroatoms. The molecule has 0 radical (unpaired) electrons. The number of aliphatic hydroxyl groups is 1. The number of benzene rings is 3. The number of carbonyl (C=O) groups excluding carboxylic acids is 2. The fourth-order valence-electron chi connectivity index (χ4n) is 5.17. The molecule has 4 rings (SSSR count).